The number of hydrogen-bond donors (Lipinski definition) is 2. The van der Waals surface area contributed by atoms with E-state index < -0.39 is 0 Å². The molecule has 5 heteroatoms. The Hall–Kier alpha value is -2.40. The van der Waals surface area contributed by atoms with Crippen molar-refractivity contribution < 1.29 is 9.53 Å². The van der Waals surface area contributed by atoms with E-state index in [9.17, 15) is 9.59 Å². The Morgan fingerprint density at radius 3 is 3.00 bits per heavy atom. The summed E-state index contributed by atoms with van der Waals surface area (Å²) in [4.78, 5) is 27.0. The quantitative estimate of drug-likeness (QED) is 0.881. The van der Waals surface area contributed by atoms with Crippen molar-refractivity contribution in [2.24, 2.45) is 0 Å². The molecule has 0 saturated heterocycles. The summed E-state index contributed by atoms with van der Waals surface area (Å²) >= 11 is 0. The molecule has 0 spiro atoms. The van der Waals surface area contributed by atoms with Crippen LogP contribution in [0, 0.1) is 6.92 Å². The van der Waals surface area contributed by atoms with E-state index in [1.54, 1.807) is 6.92 Å². The molecule has 0 bridgehead atoms. The number of aromatic nitrogens is 1. The van der Waals surface area contributed by atoms with Gasteiger partial charge < -0.3 is 15.0 Å². The van der Waals surface area contributed by atoms with Crippen molar-refractivity contribution in [2.75, 3.05) is 6.61 Å². The van der Waals surface area contributed by atoms with Gasteiger partial charge in [0.2, 0.25) is 0 Å². The number of fused-ring (bicyclic) bond motifs is 1. The van der Waals surface area contributed by atoms with Gasteiger partial charge in [-0.3, -0.25) is 9.59 Å². The van der Waals surface area contributed by atoms with Crippen LogP contribution in [-0.4, -0.2) is 17.5 Å². The molecule has 2 aromatic rings. The first kappa shape index (κ1) is 13.6. The summed E-state index contributed by atoms with van der Waals surface area (Å²) in [5.41, 5.74) is 2.66. The third-order valence-corrected chi connectivity index (χ3v) is 3.58. The monoisotopic (exact) mass is 284 g/mol. The lowest BCUT2D eigenvalue weighted by molar-refractivity contribution is 0.0707. The van der Waals surface area contributed by atoms with Crippen LogP contribution in [-0.2, 0) is 11.3 Å². The number of hydrogen-bond acceptors (Lipinski definition) is 3. The number of ether oxygens (including phenoxy) is 1. The molecule has 1 aliphatic rings. The van der Waals surface area contributed by atoms with Crippen molar-refractivity contribution in [3.63, 3.8) is 0 Å². The number of pyridine rings is 1. The normalized spacial score (nSPS) is 17.1. The van der Waals surface area contributed by atoms with Crippen LogP contribution in [0.25, 0.3) is 0 Å². The Morgan fingerprint density at radius 1 is 1.38 bits per heavy atom. The predicted molar refractivity (Wildman–Crippen MR) is 78.1 cm³/mol. The lowest BCUT2D eigenvalue weighted by Gasteiger charge is -2.26. The Morgan fingerprint density at radius 2 is 2.19 bits per heavy atom. The van der Waals surface area contributed by atoms with Crippen molar-refractivity contribution in [2.45, 2.75) is 19.6 Å². The predicted octanol–water partition coefficient (Wildman–Crippen LogP) is 1.68. The molecular weight excluding hydrogens is 268 g/mol. The summed E-state index contributed by atoms with van der Waals surface area (Å²) < 4.78 is 5.49. The summed E-state index contributed by atoms with van der Waals surface area (Å²) in [6, 6.07) is 9.01. The third-order valence-electron chi connectivity index (χ3n) is 3.58. The van der Waals surface area contributed by atoms with Gasteiger partial charge in [-0.1, -0.05) is 24.3 Å². The lowest BCUT2D eigenvalue weighted by atomic mass is 9.99. The molecule has 0 radical (unpaired) electrons. The van der Waals surface area contributed by atoms with Crippen molar-refractivity contribution in [3.05, 3.63) is 69.1 Å². The number of benzene rings is 1. The highest BCUT2D eigenvalue weighted by molar-refractivity contribution is 5.94. The average molecular weight is 284 g/mol. The summed E-state index contributed by atoms with van der Waals surface area (Å²) in [5.74, 6) is -0.387. The first-order valence-electron chi connectivity index (χ1n) is 6.81. The highest BCUT2D eigenvalue weighted by Crippen LogP contribution is 2.24. The summed E-state index contributed by atoms with van der Waals surface area (Å²) in [7, 11) is 0. The first-order chi connectivity index (χ1) is 10.1. The van der Waals surface area contributed by atoms with Crippen LogP contribution in [0.4, 0.5) is 0 Å². The maximum Gasteiger partial charge on any atom is 0.257 e. The number of amides is 1. The minimum atomic E-state index is -0.387. The maximum absolute atomic E-state index is 12.3. The molecule has 5 nitrogen and oxygen atoms in total. The Bertz CT molecular complexity index is 736. The molecule has 21 heavy (non-hydrogen) atoms. The molecule has 3 rings (SSSR count). The Balaban J connectivity index is 1.84. The second-order valence-corrected chi connectivity index (χ2v) is 5.13. The van der Waals surface area contributed by atoms with Gasteiger partial charge in [0.05, 0.1) is 19.3 Å². The number of aryl methyl sites for hydroxylation is 1. The maximum atomic E-state index is 12.3. The standard InChI is InChI=1S/C16H16N2O3/c1-10-6-15(19)13(7-17-10)16(20)18-14-9-21-8-11-4-2-3-5-12(11)14/h2-7,14H,8-9H2,1H3,(H,17,19)(H,18,20). The molecule has 1 amide bonds. The second-order valence-electron chi connectivity index (χ2n) is 5.13. The van der Waals surface area contributed by atoms with Crippen LogP contribution < -0.4 is 10.7 Å². The molecule has 108 valence electrons. The first-order valence-corrected chi connectivity index (χ1v) is 6.81. The summed E-state index contributed by atoms with van der Waals surface area (Å²) in [6.45, 7) is 2.73. The average Bonchev–Trinajstić information content (AvgIpc) is 2.47. The van der Waals surface area contributed by atoms with E-state index >= 15 is 0 Å². The van der Waals surface area contributed by atoms with Gasteiger partial charge in [0, 0.05) is 18.0 Å². The van der Waals surface area contributed by atoms with E-state index in [0.29, 0.717) is 13.2 Å². The van der Waals surface area contributed by atoms with E-state index in [1.165, 1.54) is 12.3 Å². The molecule has 1 aliphatic heterocycles. The fourth-order valence-corrected chi connectivity index (χ4v) is 2.49. The number of H-pyrrole nitrogens is 1. The Labute approximate surface area is 122 Å². The number of rotatable bonds is 2. The molecule has 0 fully saturated rings. The van der Waals surface area contributed by atoms with Crippen molar-refractivity contribution in [3.8, 4) is 0 Å². The van der Waals surface area contributed by atoms with Gasteiger partial charge in [0.15, 0.2) is 5.43 Å². The molecular formula is C16H16N2O3. The molecule has 1 aromatic heterocycles. The van der Waals surface area contributed by atoms with Crippen LogP contribution in [0.3, 0.4) is 0 Å². The van der Waals surface area contributed by atoms with Gasteiger partial charge >= 0.3 is 0 Å². The van der Waals surface area contributed by atoms with E-state index in [2.05, 4.69) is 10.3 Å². The van der Waals surface area contributed by atoms with Crippen LogP contribution in [0.2, 0.25) is 0 Å². The largest absolute Gasteiger partial charge is 0.374 e. The molecule has 1 aromatic carbocycles. The van der Waals surface area contributed by atoms with Crippen LogP contribution in [0.5, 0.6) is 0 Å². The Kier molecular flexibility index (Phi) is 3.58. The van der Waals surface area contributed by atoms with E-state index in [-0.39, 0.29) is 22.9 Å². The summed E-state index contributed by atoms with van der Waals surface area (Å²) in [5, 5.41) is 2.87. The minimum Gasteiger partial charge on any atom is -0.374 e. The zero-order valence-corrected chi connectivity index (χ0v) is 11.7. The van der Waals surface area contributed by atoms with E-state index in [0.717, 1.165) is 16.8 Å². The third kappa shape index (κ3) is 2.73. The molecule has 2 N–H and O–H groups in total. The van der Waals surface area contributed by atoms with Gasteiger partial charge in [0.25, 0.3) is 5.91 Å². The second kappa shape index (κ2) is 5.54. The number of carbonyl (C=O) groups is 1. The molecule has 0 saturated carbocycles. The van der Waals surface area contributed by atoms with Gasteiger partial charge in [-0.05, 0) is 18.1 Å². The zero-order chi connectivity index (χ0) is 14.8. The van der Waals surface area contributed by atoms with Gasteiger partial charge in [-0.2, -0.15) is 0 Å². The number of carbonyl (C=O) groups excluding carboxylic acids is 1. The van der Waals surface area contributed by atoms with Gasteiger partial charge in [-0.25, -0.2) is 0 Å². The van der Waals surface area contributed by atoms with E-state index in [4.69, 9.17) is 4.74 Å². The fraction of sp³-hybridized carbons (Fsp3) is 0.250. The van der Waals surface area contributed by atoms with Crippen molar-refractivity contribution >= 4 is 5.91 Å². The van der Waals surface area contributed by atoms with Gasteiger partial charge in [-0.15, -0.1) is 0 Å². The number of nitrogens with one attached hydrogen (secondary N) is 2. The van der Waals surface area contributed by atoms with Crippen molar-refractivity contribution in [1.29, 1.82) is 0 Å². The highest BCUT2D eigenvalue weighted by atomic mass is 16.5. The zero-order valence-electron chi connectivity index (χ0n) is 11.7. The molecule has 1 atom stereocenters. The van der Waals surface area contributed by atoms with E-state index in [1.807, 2.05) is 24.3 Å². The van der Waals surface area contributed by atoms with Crippen molar-refractivity contribution in [1.82, 2.24) is 10.3 Å². The lowest BCUT2D eigenvalue weighted by Crippen LogP contribution is -2.36. The summed E-state index contributed by atoms with van der Waals surface area (Å²) in [6.07, 6.45) is 1.45. The van der Waals surface area contributed by atoms with Crippen LogP contribution >= 0.6 is 0 Å². The molecule has 2 heterocycles. The SMILES string of the molecule is Cc1cc(=O)c(C(=O)NC2COCc3ccccc32)c[nH]1. The van der Waals surface area contributed by atoms with Crippen LogP contribution in [0.15, 0.2) is 41.3 Å². The topological polar surface area (TPSA) is 71.2 Å². The highest BCUT2D eigenvalue weighted by Gasteiger charge is 2.23. The molecule has 1 unspecified atom stereocenters. The van der Waals surface area contributed by atoms with Gasteiger partial charge in [0.1, 0.15) is 5.56 Å². The fourth-order valence-electron chi connectivity index (χ4n) is 2.49. The van der Waals surface area contributed by atoms with Crippen LogP contribution in [0.1, 0.15) is 33.2 Å². The number of aromatic amines is 1. The minimum absolute atomic E-state index is 0.114. The smallest absolute Gasteiger partial charge is 0.257 e. The molecule has 0 aliphatic carbocycles.